The number of aliphatic imine (C=N–C) groups is 1. The summed E-state index contributed by atoms with van der Waals surface area (Å²) in [6.45, 7) is 2.50. The van der Waals surface area contributed by atoms with E-state index in [9.17, 15) is 4.79 Å². The number of benzene rings is 3. The van der Waals surface area contributed by atoms with Gasteiger partial charge in [0, 0.05) is 22.6 Å². The molecule has 3 aromatic carbocycles. The lowest BCUT2D eigenvalue weighted by molar-refractivity contribution is -0.146. The van der Waals surface area contributed by atoms with E-state index in [1.165, 1.54) is 18.2 Å². The number of methoxy groups -OCH3 is 1. The first kappa shape index (κ1) is 25.9. The van der Waals surface area contributed by atoms with Crippen molar-refractivity contribution in [3.05, 3.63) is 88.4 Å². The smallest absolute Gasteiger partial charge is 0.309 e. The maximum atomic E-state index is 12.5. The number of halogens is 1. The summed E-state index contributed by atoms with van der Waals surface area (Å²) in [6.07, 6.45) is 5.95. The average Bonchev–Trinajstić information content (AvgIpc) is 3.36. The highest BCUT2D eigenvalue weighted by Crippen LogP contribution is 2.45. The Bertz CT molecular complexity index is 1390. The molecule has 6 heteroatoms. The summed E-state index contributed by atoms with van der Waals surface area (Å²) in [5, 5.41) is 0.678. The molecule has 0 saturated carbocycles. The van der Waals surface area contributed by atoms with Gasteiger partial charge in [0.05, 0.1) is 19.6 Å². The highest BCUT2D eigenvalue weighted by atomic mass is 35.5. The van der Waals surface area contributed by atoms with E-state index in [0.717, 1.165) is 41.7 Å². The minimum absolute atomic E-state index is 0.130. The van der Waals surface area contributed by atoms with Gasteiger partial charge in [-0.3, -0.25) is 4.79 Å². The maximum Gasteiger partial charge on any atom is 0.309 e. The van der Waals surface area contributed by atoms with Crippen LogP contribution in [0.2, 0.25) is 5.02 Å². The third kappa shape index (κ3) is 5.56. The summed E-state index contributed by atoms with van der Waals surface area (Å²) in [6, 6.07) is 21.7. The van der Waals surface area contributed by atoms with Crippen molar-refractivity contribution in [3.8, 4) is 28.9 Å². The van der Waals surface area contributed by atoms with Gasteiger partial charge in [-0.1, -0.05) is 48.9 Å². The van der Waals surface area contributed by atoms with Crippen molar-refractivity contribution in [2.45, 2.75) is 44.6 Å². The summed E-state index contributed by atoms with van der Waals surface area (Å²) < 4.78 is 17.0. The monoisotopic (exact) mass is 527 g/mol. The molecule has 0 aromatic heterocycles. The number of carbonyl (C=O) groups is 1. The predicted molar refractivity (Wildman–Crippen MR) is 149 cm³/mol. The van der Waals surface area contributed by atoms with Crippen LogP contribution >= 0.6 is 11.6 Å². The minimum atomic E-state index is -0.206. The van der Waals surface area contributed by atoms with Gasteiger partial charge in [0.25, 0.3) is 0 Å². The summed E-state index contributed by atoms with van der Waals surface area (Å²) in [5.41, 5.74) is 5.33. The van der Waals surface area contributed by atoms with E-state index in [0.29, 0.717) is 23.9 Å². The molecule has 1 heterocycles. The van der Waals surface area contributed by atoms with E-state index in [2.05, 4.69) is 29.2 Å². The molecule has 3 unspecified atom stereocenters. The molecule has 5 rings (SSSR count). The first-order valence-electron chi connectivity index (χ1n) is 13.0. The van der Waals surface area contributed by atoms with Gasteiger partial charge in [-0.05, 0) is 84.2 Å². The molecule has 5 nitrogen and oxygen atoms in total. The number of aryl methyl sites for hydroxylation is 1. The molecule has 3 atom stereocenters. The third-order valence-electron chi connectivity index (χ3n) is 7.27. The Hall–Kier alpha value is -3.75. The number of rotatable bonds is 9. The standard InChI is InChI=1S/C32H30ClNO4/c1-3-26(32(35)36-2)27-14-11-23-19-30(29(20-28(23)27)21-9-12-24(33)13-10-21)37-17-15-25-16-18-38-31(34-25)22-7-5-4-6-8-22/h4-10,12-13,19-20,25-27H,3,11,14-15,17H2,1-2H3. The quantitative estimate of drug-likeness (QED) is 0.226. The highest BCUT2D eigenvalue weighted by molar-refractivity contribution is 6.30. The highest BCUT2D eigenvalue weighted by Gasteiger charge is 2.35. The number of carbonyl (C=O) groups excluding carboxylic acids is 1. The molecule has 194 valence electrons. The molecule has 1 aliphatic carbocycles. The Morgan fingerprint density at radius 3 is 2.66 bits per heavy atom. The van der Waals surface area contributed by atoms with Gasteiger partial charge in [0.15, 0.2) is 0 Å². The Balaban J connectivity index is 1.39. The van der Waals surface area contributed by atoms with Crippen molar-refractivity contribution in [1.29, 1.82) is 0 Å². The van der Waals surface area contributed by atoms with Gasteiger partial charge in [0.2, 0.25) is 5.90 Å². The van der Waals surface area contributed by atoms with E-state index < -0.39 is 0 Å². The van der Waals surface area contributed by atoms with Gasteiger partial charge >= 0.3 is 5.97 Å². The largest absolute Gasteiger partial charge is 0.493 e. The predicted octanol–water partition coefficient (Wildman–Crippen LogP) is 6.81. The molecule has 1 aliphatic heterocycles. The second kappa shape index (κ2) is 11.8. The van der Waals surface area contributed by atoms with E-state index in [1.54, 1.807) is 0 Å². The number of hydrogen-bond acceptors (Lipinski definition) is 5. The summed E-state index contributed by atoms with van der Waals surface area (Å²) in [5.74, 6) is 4.22. The fourth-order valence-corrected chi connectivity index (χ4v) is 5.43. The first-order valence-corrected chi connectivity index (χ1v) is 13.4. The van der Waals surface area contributed by atoms with Crippen LogP contribution in [0.5, 0.6) is 5.75 Å². The lowest BCUT2D eigenvalue weighted by atomic mass is 9.84. The molecule has 3 aromatic rings. The fourth-order valence-electron chi connectivity index (χ4n) is 5.30. The average molecular weight is 528 g/mol. The van der Waals surface area contributed by atoms with E-state index >= 15 is 0 Å². The zero-order chi connectivity index (χ0) is 26.5. The number of fused-ring (bicyclic) bond motifs is 1. The molecule has 0 amide bonds. The second-order valence-electron chi connectivity index (χ2n) is 9.54. The lowest BCUT2D eigenvalue weighted by Crippen LogP contribution is -2.21. The van der Waals surface area contributed by atoms with E-state index in [-0.39, 0.29) is 23.8 Å². The Labute approximate surface area is 228 Å². The van der Waals surface area contributed by atoms with Gasteiger partial charge in [-0.25, -0.2) is 4.99 Å². The van der Waals surface area contributed by atoms with Crippen molar-refractivity contribution >= 4 is 23.5 Å². The summed E-state index contributed by atoms with van der Waals surface area (Å²) in [4.78, 5) is 17.2. The fraction of sp³-hybridized carbons (Fsp3) is 0.312. The molecule has 0 bridgehead atoms. The van der Waals surface area contributed by atoms with Crippen LogP contribution in [-0.2, 0) is 20.7 Å². The second-order valence-corrected chi connectivity index (χ2v) is 9.98. The summed E-state index contributed by atoms with van der Waals surface area (Å²) >= 11 is 6.17. The molecule has 0 spiro atoms. The zero-order valence-corrected chi connectivity index (χ0v) is 22.3. The molecule has 0 fully saturated rings. The summed E-state index contributed by atoms with van der Waals surface area (Å²) in [7, 11) is 1.46. The van der Waals surface area contributed by atoms with Gasteiger partial charge in [0.1, 0.15) is 17.9 Å². The van der Waals surface area contributed by atoms with Gasteiger partial charge in [-0.15, -0.1) is 0 Å². The van der Waals surface area contributed by atoms with Crippen LogP contribution < -0.4 is 4.74 Å². The molecule has 0 saturated heterocycles. The Morgan fingerprint density at radius 1 is 1.13 bits per heavy atom. The number of nitrogens with zero attached hydrogens (tertiary/aromatic N) is 1. The lowest BCUT2D eigenvalue weighted by Gasteiger charge is -2.22. The molecular weight excluding hydrogens is 498 g/mol. The van der Waals surface area contributed by atoms with Crippen LogP contribution in [0.4, 0.5) is 0 Å². The first-order chi connectivity index (χ1) is 18.6. The number of ether oxygens (including phenoxy) is 3. The third-order valence-corrected chi connectivity index (χ3v) is 7.52. The van der Waals surface area contributed by atoms with Crippen LogP contribution in [-0.4, -0.2) is 31.6 Å². The van der Waals surface area contributed by atoms with Crippen molar-refractivity contribution in [2.75, 3.05) is 13.7 Å². The Kier molecular flexibility index (Phi) is 8.00. The molecular formula is C32H30ClNO4. The molecule has 38 heavy (non-hydrogen) atoms. The van der Waals surface area contributed by atoms with Crippen LogP contribution in [0.25, 0.3) is 11.1 Å². The van der Waals surface area contributed by atoms with Crippen molar-refractivity contribution in [3.63, 3.8) is 0 Å². The molecule has 0 N–H and O–H groups in total. The maximum absolute atomic E-state index is 12.5. The molecule has 2 aliphatic rings. The van der Waals surface area contributed by atoms with Gasteiger partial charge in [-0.2, -0.15) is 0 Å². The van der Waals surface area contributed by atoms with Crippen molar-refractivity contribution in [1.82, 2.24) is 0 Å². The van der Waals surface area contributed by atoms with E-state index in [4.69, 9.17) is 25.8 Å². The topological polar surface area (TPSA) is 57.1 Å². The van der Waals surface area contributed by atoms with Crippen LogP contribution in [0.3, 0.4) is 0 Å². The SMILES string of the molecule is CCC(C(=O)OC)C1CCc2cc(OCCC3C#COC(c4ccccc4)=N3)c(-c3ccc(Cl)cc3)cc21. The van der Waals surface area contributed by atoms with Crippen LogP contribution in [0.15, 0.2) is 71.7 Å². The van der Waals surface area contributed by atoms with Crippen molar-refractivity contribution < 1.29 is 19.0 Å². The van der Waals surface area contributed by atoms with E-state index in [1.807, 2.05) is 61.5 Å². The normalized spacial score (nSPS) is 18.3. The minimum Gasteiger partial charge on any atom is -0.493 e. The number of esters is 1. The van der Waals surface area contributed by atoms with Gasteiger partial charge < -0.3 is 14.2 Å². The number of hydrogen-bond donors (Lipinski definition) is 0. The van der Waals surface area contributed by atoms with Crippen LogP contribution in [0, 0.1) is 17.9 Å². The Morgan fingerprint density at radius 2 is 1.92 bits per heavy atom. The van der Waals surface area contributed by atoms with Crippen molar-refractivity contribution in [2.24, 2.45) is 10.9 Å². The molecule has 0 radical (unpaired) electrons. The zero-order valence-electron chi connectivity index (χ0n) is 21.6. The van der Waals surface area contributed by atoms with Crippen LogP contribution in [0.1, 0.15) is 48.8 Å².